The molecular weight excluding hydrogens is 235 g/mol. The first-order valence-corrected chi connectivity index (χ1v) is 5.07. The number of aromatic nitrogens is 2. The number of imidazole rings is 1. The molecule has 78 valence electrons. The van der Waals surface area contributed by atoms with Crippen LogP contribution in [0.2, 0.25) is 10.2 Å². The van der Waals surface area contributed by atoms with Crippen LogP contribution in [0.25, 0.3) is 11.4 Å². The quantitative estimate of drug-likeness (QED) is 0.851. The average Bonchev–Trinajstić information content (AvgIpc) is 2.61. The van der Waals surface area contributed by atoms with Gasteiger partial charge in [-0.1, -0.05) is 23.2 Å². The molecule has 15 heavy (non-hydrogen) atoms. The van der Waals surface area contributed by atoms with E-state index < -0.39 is 0 Å². The molecule has 0 aliphatic rings. The molecule has 1 aromatic carbocycles. The van der Waals surface area contributed by atoms with Gasteiger partial charge in [-0.2, -0.15) is 0 Å². The van der Waals surface area contributed by atoms with E-state index in [1.165, 1.54) is 0 Å². The summed E-state index contributed by atoms with van der Waals surface area (Å²) >= 11 is 11.6. The summed E-state index contributed by atoms with van der Waals surface area (Å²) in [4.78, 5) is 7.02. The van der Waals surface area contributed by atoms with Gasteiger partial charge in [-0.3, -0.25) is 0 Å². The Morgan fingerprint density at radius 3 is 2.40 bits per heavy atom. The van der Waals surface area contributed by atoms with E-state index in [-0.39, 0.29) is 6.61 Å². The summed E-state index contributed by atoms with van der Waals surface area (Å²) in [5.74, 6) is 0.626. The first-order chi connectivity index (χ1) is 7.20. The van der Waals surface area contributed by atoms with Gasteiger partial charge in [-0.25, -0.2) is 4.98 Å². The maximum Gasteiger partial charge on any atom is 0.153 e. The van der Waals surface area contributed by atoms with Crippen LogP contribution < -0.4 is 0 Å². The Labute approximate surface area is 96.7 Å². The van der Waals surface area contributed by atoms with Crippen molar-refractivity contribution in [3.8, 4) is 11.4 Å². The molecule has 5 heteroatoms. The summed E-state index contributed by atoms with van der Waals surface area (Å²) in [5, 5.41) is 9.91. The van der Waals surface area contributed by atoms with Crippen LogP contribution in [0.15, 0.2) is 24.3 Å². The number of nitrogens with one attached hydrogen (secondary N) is 1. The molecule has 0 fully saturated rings. The standard InChI is InChI=1S/C10H8Cl2N2O/c11-7-3-1-6(2-4-7)10-13-8(5-15)9(12)14-10/h1-4,15H,5H2,(H,13,14). The van der Waals surface area contributed by atoms with E-state index >= 15 is 0 Å². The zero-order valence-electron chi connectivity index (χ0n) is 7.67. The fraction of sp³-hybridized carbons (Fsp3) is 0.100. The van der Waals surface area contributed by atoms with Gasteiger partial charge in [0.15, 0.2) is 5.15 Å². The van der Waals surface area contributed by atoms with E-state index in [4.69, 9.17) is 28.3 Å². The molecule has 0 atom stereocenters. The van der Waals surface area contributed by atoms with Crippen LogP contribution in [-0.2, 0) is 6.61 Å². The molecule has 0 saturated heterocycles. The monoisotopic (exact) mass is 242 g/mol. The molecule has 0 radical (unpaired) electrons. The van der Waals surface area contributed by atoms with E-state index in [9.17, 15) is 0 Å². The van der Waals surface area contributed by atoms with Crippen molar-refractivity contribution >= 4 is 23.2 Å². The highest BCUT2D eigenvalue weighted by Crippen LogP contribution is 2.22. The van der Waals surface area contributed by atoms with Crippen LogP contribution in [0, 0.1) is 0 Å². The van der Waals surface area contributed by atoms with Crippen LogP contribution in [0.5, 0.6) is 0 Å². The van der Waals surface area contributed by atoms with Gasteiger partial charge in [0.2, 0.25) is 0 Å². The Morgan fingerprint density at radius 2 is 1.87 bits per heavy atom. The van der Waals surface area contributed by atoms with E-state index in [1.807, 2.05) is 12.1 Å². The topological polar surface area (TPSA) is 48.9 Å². The van der Waals surface area contributed by atoms with Crippen molar-refractivity contribution in [1.29, 1.82) is 0 Å². The lowest BCUT2D eigenvalue weighted by atomic mass is 10.2. The average molecular weight is 243 g/mol. The summed E-state index contributed by atoms with van der Waals surface area (Å²) in [7, 11) is 0. The van der Waals surface area contributed by atoms with Crippen molar-refractivity contribution in [1.82, 2.24) is 9.97 Å². The lowest BCUT2D eigenvalue weighted by Gasteiger charge is -1.95. The number of hydrogen-bond donors (Lipinski definition) is 2. The van der Waals surface area contributed by atoms with Gasteiger partial charge < -0.3 is 10.1 Å². The van der Waals surface area contributed by atoms with E-state index in [2.05, 4.69) is 9.97 Å². The first-order valence-electron chi connectivity index (χ1n) is 4.32. The highest BCUT2D eigenvalue weighted by Gasteiger charge is 2.08. The fourth-order valence-corrected chi connectivity index (χ4v) is 1.55. The van der Waals surface area contributed by atoms with Gasteiger partial charge in [0.1, 0.15) is 5.82 Å². The van der Waals surface area contributed by atoms with Crippen molar-refractivity contribution in [2.24, 2.45) is 0 Å². The third-order valence-corrected chi connectivity index (χ3v) is 2.57. The first kappa shape index (κ1) is 10.5. The summed E-state index contributed by atoms with van der Waals surface area (Å²) < 4.78 is 0. The molecule has 0 spiro atoms. The number of H-pyrrole nitrogens is 1. The molecule has 3 nitrogen and oxygen atoms in total. The molecule has 0 bridgehead atoms. The third kappa shape index (κ3) is 2.15. The van der Waals surface area contributed by atoms with Gasteiger partial charge in [0, 0.05) is 10.6 Å². The Bertz CT molecular complexity index is 465. The summed E-state index contributed by atoms with van der Waals surface area (Å²) in [6, 6.07) is 7.20. The molecule has 2 N–H and O–H groups in total. The number of benzene rings is 1. The van der Waals surface area contributed by atoms with Crippen molar-refractivity contribution in [3.05, 3.63) is 40.1 Å². The molecule has 0 amide bonds. The van der Waals surface area contributed by atoms with Crippen molar-refractivity contribution < 1.29 is 5.11 Å². The highest BCUT2D eigenvalue weighted by atomic mass is 35.5. The summed E-state index contributed by atoms with van der Waals surface area (Å²) in [6.45, 7) is -0.153. The second kappa shape index (κ2) is 4.23. The largest absolute Gasteiger partial charge is 0.390 e. The molecule has 0 aliphatic carbocycles. The molecule has 0 unspecified atom stereocenters. The number of halogens is 2. The van der Waals surface area contributed by atoms with E-state index in [0.29, 0.717) is 21.7 Å². The van der Waals surface area contributed by atoms with Gasteiger partial charge in [-0.15, -0.1) is 0 Å². The fourth-order valence-electron chi connectivity index (χ4n) is 1.24. The van der Waals surface area contributed by atoms with Crippen LogP contribution in [-0.4, -0.2) is 15.1 Å². The van der Waals surface area contributed by atoms with Gasteiger partial charge in [0.25, 0.3) is 0 Å². The van der Waals surface area contributed by atoms with Gasteiger partial charge in [0.05, 0.1) is 12.3 Å². The Kier molecular flexibility index (Phi) is 2.95. The summed E-state index contributed by atoms with van der Waals surface area (Å²) in [6.07, 6.45) is 0. The van der Waals surface area contributed by atoms with Crippen LogP contribution in [0.4, 0.5) is 0 Å². The molecule has 0 aliphatic heterocycles. The zero-order valence-corrected chi connectivity index (χ0v) is 9.18. The Hall–Kier alpha value is -1.03. The normalized spacial score (nSPS) is 10.6. The van der Waals surface area contributed by atoms with Crippen LogP contribution in [0.1, 0.15) is 5.69 Å². The SMILES string of the molecule is OCc1[nH]c(-c2ccc(Cl)cc2)nc1Cl. The van der Waals surface area contributed by atoms with Crippen molar-refractivity contribution in [2.75, 3.05) is 0 Å². The number of aliphatic hydroxyl groups excluding tert-OH is 1. The maximum absolute atomic E-state index is 8.95. The van der Waals surface area contributed by atoms with Crippen molar-refractivity contribution in [3.63, 3.8) is 0 Å². The molecular formula is C10H8Cl2N2O. The Balaban J connectivity index is 2.41. The van der Waals surface area contributed by atoms with E-state index in [0.717, 1.165) is 5.56 Å². The number of hydrogen-bond acceptors (Lipinski definition) is 2. The van der Waals surface area contributed by atoms with Gasteiger partial charge in [-0.05, 0) is 24.3 Å². The molecule has 2 aromatic rings. The van der Waals surface area contributed by atoms with Gasteiger partial charge >= 0.3 is 0 Å². The Morgan fingerprint density at radius 1 is 1.20 bits per heavy atom. The second-order valence-electron chi connectivity index (χ2n) is 3.02. The maximum atomic E-state index is 8.95. The molecule has 0 saturated carbocycles. The molecule has 1 aromatic heterocycles. The van der Waals surface area contributed by atoms with Crippen LogP contribution >= 0.6 is 23.2 Å². The summed E-state index contributed by atoms with van der Waals surface area (Å²) in [5.41, 5.74) is 1.39. The number of aromatic amines is 1. The van der Waals surface area contributed by atoms with E-state index in [1.54, 1.807) is 12.1 Å². The molecule has 2 rings (SSSR count). The minimum Gasteiger partial charge on any atom is -0.390 e. The minimum absolute atomic E-state index is 0.153. The van der Waals surface area contributed by atoms with Crippen molar-refractivity contribution in [2.45, 2.75) is 6.61 Å². The zero-order chi connectivity index (χ0) is 10.8. The predicted molar refractivity (Wildman–Crippen MR) is 60.0 cm³/mol. The lowest BCUT2D eigenvalue weighted by Crippen LogP contribution is -1.83. The number of rotatable bonds is 2. The highest BCUT2D eigenvalue weighted by molar-refractivity contribution is 6.30. The predicted octanol–water partition coefficient (Wildman–Crippen LogP) is 2.88. The number of nitrogens with zero attached hydrogens (tertiary/aromatic N) is 1. The smallest absolute Gasteiger partial charge is 0.153 e. The minimum atomic E-state index is -0.153. The second-order valence-corrected chi connectivity index (χ2v) is 3.81. The number of aliphatic hydroxyl groups is 1. The van der Waals surface area contributed by atoms with Crippen LogP contribution in [0.3, 0.4) is 0 Å². The molecule has 1 heterocycles. The third-order valence-electron chi connectivity index (χ3n) is 2.00. The lowest BCUT2D eigenvalue weighted by molar-refractivity contribution is 0.277.